The molecule has 1 amide bonds. The van der Waals surface area contributed by atoms with E-state index >= 15 is 0 Å². The van der Waals surface area contributed by atoms with Gasteiger partial charge in [0.2, 0.25) is 0 Å². The number of nitrogens with two attached hydrogens (primary N) is 1. The molecule has 0 bridgehead atoms. The molecule has 1 fully saturated rings. The van der Waals surface area contributed by atoms with E-state index in [1.165, 1.54) is 32.1 Å². The molecule has 4 heteroatoms. The summed E-state index contributed by atoms with van der Waals surface area (Å²) in [6.45, 7) is 2.41. The second-order valence-electron chi connectivity index (χ2n) is 5.68. The van der Waals surface area contributed by atoms with Gasteiger partial charge in [-0.05, 0) is 49.4 Å². The van der Waals surface area contributed by atoms with Crippen LogP contribution in [0.5, 0.6) is 0 Å². The van der Waals surface area contributed by atoms with Crippen LogP contribution in [-0.2, 0) is 0 Å². The molecule has 1 unspecified atom stereocenters. The van der Waals surface area contributed by atoms with Crippen LogP contribution in [0.4, 0.5) is 0 Å². The third-order valence-electron chi connectivity index (χ3n) is 4.21. The SMILES string of the molecule is Cc1cc(C(=O)NC(CN)C2CCCCC2)ccc1Cl. The van der Waals surface area contributed by atoms with Gasteiger partial charge in [-0.25, -0.2) is 0 Å². The first-order valence-corrected chi connectivity index (χ1v) is 7.76. The molecule has 1 aromatic carbocycles. The van der Waals surface area contributed by atoms with Gasteiger partial charge in [-0.3, -0.25) is 4.79 Å². The first kappa shape index (κ1) is 15.3. The fourth-order valence-electron chi connectivity index (χ4n) is 2.94. The molecular weight excluding hydrogens is 272 g/mol. The molecular formula is C16H23ClN2O. The van der Waals surface area contributed by atoms with Gasteiger partial charge in [0.25, 0.3) is 5.91 Å². The molecule has 110 valence electrons. The number of carbonyl (C=O) groups is 1. The van der Waals surface area contributed by atoms with Crippen LogP contribution < -0.4 is 11.1 Å². The van der Waals surface area contributed by atoms with Crippen molar-refractivity contribution in [2.24, 2.45) is 11.7 Å². The lowest BCUT2D eigenvalue weighted by Crippen LogP contribution is -2.45. The normalized spacial score (nSPS) is 17.8. The molecule has 1 aliphatic rings. The molecule has 1 aromatic rings. The second kappa shape index (κ2) is 7.09. The van der Waals surface area contributed by atoms with Crippen molar-refractivity contribution in [1.29, 1.82) is 0 Å². The summed E-state index contributed by atoms with van der Waals surface area (Å²) < 4.78 is 0. The minimum Gasteiger partial charge on any atom is -0.348 e. The van der Waals surface area contributed by atoms with Crippen LogP contribution in [0.15, 0.2) is 18.2 Å². The van der Waals surface area contributed by atoms with Gasteiger partial charge in [-0.15, -0.1) is 0 Å². The third kappa shape index (κ3) is 3.74. The average molecular weight is 295 g/mol. The van der Waals surface area contributed by atoms with Gasteiger partial charge in [-0.2, -0.15) is 0 Å². The van der Waals surface area contributed by atoms with Crippen LogP contribution in [-0.4, -0.2) is 18.5 Å². The Bertz CT molecular complexity index is 470. The molecule has 1 atom stereocenters. The van der Waals surface area contributed by atoms with Gasteiger partial charge in [0.05, 0.1) is 0 Å². The Morgan fingerprint density at radius 2 is 2.10 bits per heavy atom. The molecule has 0 aromatic heterocycles. The molecule has 0 aliphatic heterocycles. The zero-order valence-corrected chi connectivity index (χ0v) is 12.7. The Morgan fingerprint density at radius 3 is 2.70 bits per heavy atom. The van der Waals surface area contributed by atoms with E-state index in [1.54, 1.807) is 12.1 Å². The zero-order chi connectivity index (χ0) is 14.5. The molecule has 0 spiro atoms. The number of benzene rings is 1. The fourth-order valence-corrected chi connectivity index (χ4v) is 3.06. The summed E-state index contributed by atoms with van der Waals surface area (Å²) in [6.07, 6.45) is 6.13. The summed E-state index contributed by atoms with van der Waals surface area (Å²) in [6, 6.07) is 5.44. The number of aryl methyl sites for hydroxylation is 1. The largest absolute Gasteiger partial charge is 0.348 e. The van der Waals surface area contributed by atoms with Crippen LogP contribution in [0.1, 0.15) is 48.0 Å². The molecule has 2 rings (SSSR count). The first-order valence-electron chi connectivity index (χ1n) is 7.39. The predicted molar refractivity (Wildman–Crippen MR) is 83.1 cm³/mol. The number of hydrogen-bond acceptors (Lipinski definition) is 2. The number of nitrogens with one attached hydrogen (secondary N) is 1. The summed E-state index contributed by atoms with van der Waals surface area (Å²) >= 11 is 5.99. The lowest BCUT2D eigenvalue weighted by molar-refractivity contribution is 0.0915. The maximum absolute atomic E-state index is 12.3. The third-order valence-corrected chi connectivity index (χ3v) is 4.63. The summed E-state index contributed by atoms with van der Waals surface area (Å²) in [5, 5.41) is 3.78. The van der Waals surface area contributed by atoms with E-state index in [4.69, 9.17) is 17.3 Å². The zero-order valence-electron chi connectivity index (χ0n) is 12.0. The summed E-state index contributed by atoms with van der Waals surface area (Å²) in [7, 11) is 0. The molecule has 3 N–H and O–H groups in total. The van der Waals surface area contributed by atoms with E-state index in [-0.39, 0.29) is 11.9 Å². The Labute approximate surface area is 125 Å². The molecule has 0 saturated heterocycles. The highest BCUT2D eigenvalue weighted by Gasteiger charge is 2.24. The molecule has 0 heterocycles. The highest BCUT2D eigenvalue weighted by molar-refractivity contribution is 6.31. The van der Waals surface area contributed by atoms with E-state index in [0.29, 0.717) is 23.0 Å². The van der Waals surface area contributed by atoms with Crippen molar-refractivity contribution >= 4 is 17.5 Å². The molecule has 1 aliphatic carbocycles. The van der Waals surface area contributed by atoms with Crippen LogP contribution in [0, 0.1) is 12.8 Å². The Hall–Kier alpha value is -1.06. The number of amides is 1. The first-order chi connectivity index (χ1) is 9.61. The molecule has 3 nitrogen and oxygen atoms in total. The van der Waals surface area contributed by atoms with Crippen molar-refractivity contribution in [3.8, 4) is 0 Å². The van der Waals surface area contributed by atoms with Gasteiger partial charge in [0.1, 0.15) is 0 Å². The van der Waals surface area contributed by atoms with Crippen LogP contribution in [0.2, 0.25) is 5.02 Å². The maximum atomic E-state index is 12.3. The number of hydrogen-bond donors (Lipinski definition) is 2. The topological polar surface area (TPSA) is 55.1 Å². The molecule has 0 radical (unpaired) electrons. The Kier molecular flexibility index (Phi) is 5.44. The second-order valence-corrected chi connectivity index (χ2v) is 6.08. The smallest absolute Gasteiger partial charge is 0.251 e. The molecule has 20 heavy (non-hydrogen) atoms. The van der Waals surface area contributed by atoms with Crippen molar-refractivity contribution in [2.75, 3.05) is 6.54 Å². The lowest BCUT2D eigenvalue weighted by Gasteiger charge is -2.30. The van der Waals surface area contributed by atoms with Crippen molar-refractivity contribution in [3.05, 3.63) is 34.3 Å². The predicted octanol–water partition coefficient (Wildman–Crippen LogP) is 3.29. The average Bonchev–Trinajstić information content (AvgIpc) is 2.48. The van der Waals surface area contributed by atoms with E-state index in [1.807, 2.05) is 13.0 Å². The number of carbonyl (C=O) groups excluding carboxylic acids is 1. The molecule has 1 saturated carbocycles. The highest BCUT2D eigenvalue weighted by atomic mass is 35.5. The van der Waals surface area contributed by atoms with Crippen molar-refractivity contribution in [2.45, 2.75) is 45.1 Å². The maximum Gasteiger partial charge on any atom is 0.251 e. The van der Waals surface area contributed by atoms with Crippen LogP contribution in [0.25, 0.3) is 0 Å². The van der Waals surface area contributed by atoms with Crippen LogP contribution in [0.3, 0.4) is 0 Å². The van der Waals surface area contributed by atoms with Crippen molar-refractivity contribution in [3.63, 3.8) is 0 Å². The Morgan fingerprint density at radius 1 is 1.40 bits per heavy atom. The number of rotatable bonds is 4. The Balaban J connectivity index is 2.02. The summed E-state index contributed by atoms with van der Waals surface area (Å²) in [5.74, 6) is 0.469. The van der Waals surface area contributed by atoms with Gasteiger partial charge >= 0.3 is 0 Å². The van der Waals surface area contributed by atoms with Gasteiger partial charge in [-0.1, -0.05) is 30.9 Å². The van der Waals surface area contributed by atoms with E-state index in [2.05, 4.69) is 5.32 Å². The lowest BCUT2D eigenvalue weighted by atomic mass is 9.84. The standard InChI is InChI=1S/C16H23ClN2O/c1-11-9-13(7-8-14(11)17)16(20)19-15(10-18)12-5-3-2-4-6-12/h7-9,12,15H,2-6,10,18H2,1H3,(H,19,20). The van der Waals surface area contributed by atoms with Gasteiger partial charge in [0, 0.05) is 23.2 Å². The van der Waals surface area contributed by atoms with E-state index in [0.717, 1.165) is 5.56 Å². The minimum absolute atomic E-state index is 0.0502. The quantitative estimate of drug-likeness (QED) is 0.895. The van der Waals surface area contributed by atoms with Gasteiger partial charge in [0.15, 0.2) is 0 Å². The highest BCUT2D eigenvalue weighted by Crippen LogP contribution is 2.26. The van der Waals surface area contributed by atoms with Crippen molar-refractivity contribution < 1.29 is 4.79 Å². The number of halogens is 1. The minimum atomic E-state index is -0.0502. The summed E-state index contributed by atoms with van der Waals surface area (Å²) in [5.41, 5.74) is 7.42. The van der Waals surface area contributed by atoms with Crippen molar-refractivity contribution in [1.82, 2.24) is 5.32 Å². The van der Waals surface area contributed by atoms with E-state index in [9.17, 15) is 4.79 Å². The fraction of sp³-hybridized carbons (Fsp3) is 0.562. The van der Waals surface area contributed by atoms with Crippen LogP contribution >= 0.6 is 11.6 Å². The monoisotopic (exact) mass is 294 g/mol. The van der Waals surface area contributed by atoms with Gasteiger partial charge < -0.3 is 11.1 Å². The summed E-state index contributed by atoms with van der Waals surface area (Å²) in [4.78, 5) is 12.3. The van der Waals surface area contributed by atoms with E-state index < -0.39 is 0 Å².